The van der Waals surface area contributed by atoms with Crippen molar-refractivity contribution in [1.29, 1.82) is 0 Å². The van der Waals surface area contributed by atoms with E-state index >= 15 is 0 Å². The number of carbonyl (C=O) groups excluding carboxylic acids is 2. The molecular weight excluding hydrogens is 300 g/mol. The molecule has 0 radical (unpaired) electrons. The Balaban J connectivity index is 3.24. The quantitative estimate of drug-likeness (QED) is 0.476. The van der Waals surface area contributed by atoms with Crippen LogP contribution in [0.25, 0.3) is 0 Å². The highest BCUT2D eigenvalue weighted by atomic mass is 79.9. The molecule has 1 atom stereocenters. The molecule has 0 N–H and O–H groups in total. The van der Waals surface area contributed by atoms with Crippen LogP contribution in [0.4, 0.5) is 0 Å². The summed E-state index contributed by atoms with van der Waals surface area (Å²) in [6, 6.07) is 4.72. The molecule has 0 aliphatic rings. The average Bonchev–Trinajstić information content (AvgIpc) is 2.37. The fraction of sp³-hybridized carbons (Fsp3) is 0.385. The van der Waals surface area contributed by atoms with Gasteiger partial charge in [0.25, 0.3) is 0 Å². The van der Waals surface area contributed by atoms with Crippen molar-refractivity contribution in [3.63, 3.8) is 0 Å². The van der Waals surface area contributed by atoms with Crippen molar-refractivity contribution >= 4 is 27.7 Å². The van der Waals surface area contributed by atoms with Crippen molar-refractivity contribution in [2.45, 2.75) is 18.7 Å². The number of esters is 1. The third-order valence-electron chi connectivity index (χ3n) is 2.35. The van der Waals surface area contributed by atoms with Crippen molar-refractivity contribution in [3.05, 3.63) is 29.3 Å². The second kappa shape index (κ2) is 6.54. The number of hydrogen-bond donors (Lipinski definition) is 0. The molecule has 0 amide bonds. The maximum absolute atomic E-state index is 12.0. The first kappa shape index (κ1) is 14.7. The Kier molecular flexibility index (Phi) is 5.34. The van der Waals surface area contributed by atoms with E-state index in [2.05, 4.69) is 15.9 Å². The normalized spacial score (nSPS) is 11.8. The number of halogens is 1. The number of ketones is 1. The number of rotatable bonds is 5. The number of methoxy groups -OCH3 is 1. The minimum atomic E-state index is -0.503. The smallest absolute Gasteiger partial charge is 0.338 e. The first-order valence-corrected chi connectivity index (χ1v) is 6.46. The van der Waals surface area contributed by atoms with E-state index < -0.39 is 5.97 Å². The molecule has 0 aromatic heterocycles. The van der Waals surface area contributed by atoms with E-state index in [9.17, 15) is 9.59 Å². The van der Waals surface area contributed by atoms with Gasteiger partial charge in [0, 0.05) is 5.56 Å². The van der Waals surface area contributed by atoms with Gasteiger partial charge < -0.3 is 9.47 Å². The largest absolute Gasteiger partial charge is 0.497 e. The first-order chi connectivity index (χ1) is 8.51. The van der Waals surface area contributed by atoms with E-state index in [1.807, 2.05) is 0 Å². The van der Waals surface area contributed by atoms with Crippen LogP contribution in [0.3, 0.4) is 0 Å². The van der Waals surface area contributed by atoms with Gasteiger partial charge in [0.1, 0.15) is 5.75 Å². The summed E-state index contributed by atoms with van der Waals surface area (Å²) < 4.78 is 9.98. The number of carbonyl (C=O) groups is 2. The van der Waals surface area contributed by atoms with Crippen molar-refractivity contribution < 1.29 is 19.1 Å². The lowest BCUT2D eigenvalue weighted by Crippen LogP contribution is -2.17. The number of Topliss-reactive ketones (excluding diaryl/α,β-unsaturated/α-hetero) is 1. The fourth-order valence-corrected chi connectivity index (χ4v) is 1.70. The highest BCUT2D eigenvalue weighted by Crippen LogP contribution is 2.21. The summed E-state index contributed by atoms with van der Waals surface area (Å²) in [7, 11) is 1.51. The van der Waals surface area contributed by atoms with Crippen LogP contribution in [-0.4, -0.2) is 30.3 Å². The molecule has 0 aliphatic carbocycles. The summed E-state index contributed by atoms with van der Waals surface area (Å²) >= 11 is 3.20. The molecule has 0 saturated carbocycles. The summed E-state index contributed by atoms with van der Waals surface area (Å²) in [6.45, 7) is 3.69. The number of alkyl halides is 1. The van der Waals surface area contributed by atoms with Crippen LogP contribution >= 0.6 is 15.9 Å². The number of hydrogen-bond acceptors (Lipinski definition) is 4. The van der Waals surface area contributed by atoms with E-state index in [4.69, 9.17) is 9.47 Å². The Bertz CT molecular complexity index is 454. The van der Waals surface area contributed by atoms with E-state index in [0.29, 0.717) is 11.3 Å². The average molecular weight is 315 g/mol. The molecule has 98 valence electrons. The highest BCUT2D eigenvalue weighted by Gasteiger charge is 2.21. The van der Waals surface area contributed by atoms with Gasteiger partial charge in [-0.2, -0.15) is 0 Å². The van der Waals surface area contributed by atoms with Gasteiger partial charge >= 0.3 is 5.97 Å². The molecule has 0 fully saturated rings. The predicted octanol–water partition coefficient (Wildman–Crippen LogP) is 2.84. The zero-order valence-corrected chi connectivity index (χ0v) is 12.1. The molecule has 0 spiro atoms. The Hall–Kier alpha value is -1.36. The zero-order chi connectivity index (χ0) is 13.7. The van der Waals surface area contributed by atoms with Gasteiger partial charge in [-0.15, -0.1) is 0 Å². The molecular formula is C13H15BrO4. The predicted molar refractivity (Wildman–Crippen MR) is 71.7 cm³/mol. The van der Waals surface area contributed by atoms with Crippen molar-refractivity contribution in [2.75, 3.05) is 13.7 Å². The maximum atomic E-state index is 12.0. The van der Waals surface area contributed by atoms with E-state index in [-0.39, 0.29) is 22.8 Å². The van der Waals surface area contributed by atoms with Crippen LogP contribution in [0.15, 0.2) is 18.2 Å². The van der Waals surface area contributed by atoms with Gasteiger partial charge in [-0.05, 0) is 32.0 Å². The van der Waals surface area contributed by atoms with Crippen molar-refractivity contribution in [2.24, 2.45) is 0 Å². The molecule has 4 nitrogen and oxygen atoms in total. The molecule has 1 rings (SSSR count). The zero-order valence-electron chi connectivity index (χ0n) is 10.5. The molecule has 1 unspecified atom stereocenters. The Morgan fingerprint density at radius 2 is 2.00 bits per heavy atom. The molecule has 0 bridgehead atoms. The summed E-state index contributed by atoms with van der Waals surface area (Å²) in [5.41, 5.74) is 0.561. The summed E-state index contributed by atoms with van der Waals surface area (Å²) in [5, 5.41) is 0. The Morgan fingerprint density at radius 3 is 2.50 bits per heavy atom. The fourth-order valence-electron chi connectivity index (χ4n) is 1.46. The van der Waals surface area contributed by atoms with Crippen LogP contribution in [0.1, 0.15) is 34.6 Å². The van der Waals surface area contributed by atoms with Gasteiger partial charge in [0.05, 0.1) is 24.1 Å². The van der Waals surface area contributed by atoms with Gasteiger partial charge in [-0.25, -0.2) is 4.79 Å². The second-order valence-corrected chi connectivity index (χ2v) is 4.99. The van der Waals surface area contributed by atoms with Crippen molar-refractivity contribution in [3.8, 4) is 5.75 Å². The molecule has 1 aromatic rings. The third kappa shape index (κ3) is 3.32. The maximum Gasteiger partial charge on any atom is 0.338 e. The van der Waals surface area contributed by atoms with E-state index in [0.717, 1.165) is 0 Å². The SMILES string of the molecule is CCOC(=O)c1ccc(OC)cc1C(=O)C(C)Br. The lowest BCUT2D eigenvalue weighted by molar-refractivity contribution is 0.0523. The molecule has 0 aliphatic heterocycles. The van der Waals surface area contributed by atoms with Gasteiger partial charge in [-0.1, -0.05) is 15.9 Å². The minimum Gasteiger partial charge on any atom is -0.497 e. The standard InChI is InChI=1S/C13H15BrO4/c1-4-18-13(16)10-6-5-9(17-3)7-11(10)12(15)8(2)14/h5-8H,4H2,1-3H3. The van der Waals surface area contributed by atoms with Gasteiger partial charge in [-0.3, -0.25) is 4.79 Å². The lowest BCUT2D eigenvalue weighted by atomic mass is 10.0. The van der Waals surface area contributed by atoms with E-state index in [1.54, 1.807) is 32.0 Å². The van der Waals surface area contributed by atoms with Crippen LogP contribution in [-0.2, 0) is 4.74 Å². The van der Waals surface area contributed by atoms with E-state index in [1.165, 1.54) is 7.11 Å². The molecule has 0 heterocycles. The molecule has 1 aromatic carbocycles. The number of benzene rings is 1. The minimum absolute atomic E-state index is 0.183. The second-order valence-electron chi connectivity index (χ2n) is 3.61. The van der Waals surface area contributed by atoms with Gasteiger partial charge in [0.2, 0.25) is 0 Å². The summed E-state index contributed by atoms with van der Waals surface area (Å²) in [5.74, 6) is -0.159. The summed E-state index contributed by atoms with van der Waals surface area (Å²) in [4.78, 5) is 23.4. The van der Waals surface area contributed by atoms with Crippen molar-refractivity contribution in [1.82, 2.24) is 0 Å². The van der Waals surface area contributed by atoms with Gasteiger partial charge in [0.15, 0.2) is 5.78 Å². The Labute approximate surface area is 114 Å². The molecule has 5 heteroatoms. The highest BCUT2D eigenvalue weighted by molar-refractivity contribution is 9.10. The Morgan fingerprint density at radius 1 is 1.33 bits per heavy atom. The third-order valence-corrected chi connectivity index (χ3v) is 2.76. The van der Waals surface area contributed by atoms with Crippen LogP contribution < -0.4 is 4.74 Å². The molecule has 0 saturated heterocycles. The monoisotopic (exact) mass is 314 g/mol. The van der Waals surface area contributed by atoms with Crippen LogP contribution in [0, 0.1) is 0 Å². The summed E-state index contributed by atoms with van der Waals surface area (Å²) in [6.07, 6.45) is 0. The first-order valence-electron chi connectivity index (χ1n) is 5.54. The van der Waals surface area contributed by atoms with Crippen LogP contribution in [0.2, 0.25) is 0 Å². The van der Waals surface area contributed by atoms with Crippen LogP contribution in [0.5, 0.6) is 5.75 Å². The topological polar surface area (TPSA) is 52.6 Å². The number of ether oxygens (including phenoxy) is 2. The lowest BCUT2D eigenvalue weighted by Gasteiger charge is -2.11. The molecule has 18 heavy (non-hydrogen) atoms.